The van der Waals surface area contributed by atoms with Gasteiger partial charge in [0.1, 0.15) is 16.5 Å². The predicted molar refractivity (Wildman–Crippen MR) is 153 cm³/mol. The summed E-state index contributed by atoms with van der Waals surface area (Å²) >= 11 is -0.256. The molecule has 0 bridgehead atoms. The normalized spacial score (nSPS) is 12.0. The molecule has 1 amide bonds. The van der Waals surface area contributed by atoms with Crippen molar-refractivity contribution >= 4 is 34.8 Å². The molecular weight excluding hydrogens is 541 g/mol. The summed E-state index contributed by atoms with van der Waals surface area (Å²) in [5.74, 6) is 6.31. The van der Waals surface area contributed by atoms with E-state index < -0.39 is 5.51 Å². The van der Waals surface area contributed by atoms with E-state index in [1.807, 2.05) is 0 Å². The Kier molecular flexibility index (Phi) is 11.4. The number of nitrogens with one attached hydrogen (secondary N) is 3. The molecule has 3 rings (SSSR count). The summed E-state index contributed by atoms with van der Waals surface area (Å²) in [4.78, 5) is 20.9. The van der Waals surface area contributed by atoms with Gasteiger partial charge in [-0.1, -0.05) is 45.5 Å². The number of nitrogens with zero attached hydrogens (tertiary/aromatic N) is 3. The molecule has 216 valence electrons. The van der Waals surface area contributed by atoms with E-state index in [9.17, 15) is 18.0 Å². The molecular formula is C28H35F3N6O2S. The number of rotatable bonds is 13. The number of amides is 1. The molecule has 1 atom stereocenters. The number of fused-ring (bicyclic) bond motifs is 1. The number of aromatic nitrogens is 3. The van der Waals surface area contributed by atoms with Crippen LogP contribution in [0.2, 0.25) is 0 Å². The minimum absolute atomic E-state index is 0.00396. The largest absolute Gasteiger partial charge is 0.495 e. The Morgan fingerprint density at radius 1 is 1.20 bits per heavy atom. The minimum atomic E-state index is -4.53. The second kappa shape index (κ2) is 14.7. The maximum atomic E-state index is 13.5. The van der Waals surface area contributed by atoms with Gasteiger partial charge in [-0.2, -0.15) is 13.2 Å². The van der Waals surface area contributed by atoms with Crippen LogP contribution >= 0.6 is 11.8 Å². The predicted octanol–water partition coefficient (Wildman–Crippen LogP) is 6.33. The quantitative estimate of drug-likeness (QED) is 0.124. The minimum Gasteiger partial charge on any atom is -0.495 e. The first-order valence-electron chi connectivity index (χ1n) is 13.2. The molecule has 3 aromatic rings. The Morgan fingerprint density at radius 3 is 2.67 bits per heavy atom. The molecule has 12 heteroatoms. The van der Waals surface area contributed by atoms with Gasteiger partial charge in [0.15, 0.2) is 11.5 Å². The van der Waals surface area contributed by atoms with Gasteiger partial charge in [0.05, 0.1) is 19.3 Å². The first kappa shape index (κ1) is 30.9. The molecule has 8 nitrogen and oxygen atoms in total. The Balaban J connectivity index is 1.91. The smallest absolute Gasteiger partial charge is 0.447 e. The number of imidazole rings is 1. The number of carbonyl (C=O) groups is 1. The van der Waals surface area contributed by atoms with Gasteiger partial charge in [-0.25, -0.2) is 9.97 Å². The summed E-state index contributed by atoms with van der Waals surface area (Å²) in [5.41, 5.74) is -3.28. The van der Waals surface area contributed by atoms with Gasteiger partial charge in [0.25, 0.3) is 5.91 Å². The lowest BCUT2D eigenvalue weighted by Crippen LogP contribution is -2.20. The monoisotopic (exact) mass is 576 g/mol. The van der Waals surface area contributed by atoms with Crippen LogP contribution in [-0.4, -0.2) is 52.5 Å². The van der Waals surface area contributed by atoms with E-state index in [0.717, 1.165) is 38.5 Å². The zero-order valence-corrected chi connectivity index (χ0v) is 23.9. The summed E-state index contributed by atoms with van der Waals surface area (Å²) in [6, 6.07) is 5.03. The molecule has 0 fully saturated rings. The molecule has 2 aromatic heterocycles. The molecule has 0 spiro atoms. The van der Waals surface area contributed by atoms with Crippen molar-refractivity contribution in [2.75, 3.05) is 31.3 Å². The van der Waals surface area contributed by atoms with Gasteiger partial charge >= 0.3 is 5.51 Å². The second-order valence-electron chi connectivity index (χ2n) is 9.06. The number of ether oxygens (including phenoxy) is 1. The average molecular weight is 577 g/mol. The van der Waals surface area contributed by atoms with Crippen LogP contribution in [-0.2, 0) is 0 Å². The van der Waals surface area contributed by atoms with E-state index >= 15 is 0 Å². The number of unbranched alkanes of at least 4 members (excludes halogenated alkanes) is 2. The molecule has 0 aliphatic carbocycles. The van der Waals surface area contributed by atoms with Crippen LogP contribution in [0.4, 0.5) is 24.7 Å². The maximum absolute atomic E-state index is 13.5. The highest BCUT2D eigenvalue weighted by Gasteiger charge is 2.33. The van der Waals surface area contributed by atoms with E-state index in [1.54, 1.807) is 18.2 Å². The number of methoxy groups -OCH3 is 1. The Hall–Kier alpha value is -3.59. The third-order valence-corrected chi connectivity index (χ3v) is 6.92. The number of halogens is 3. The molecule has 0 radical (unpaired) electrons. The Labute approximate surface area is 236 Å². The number of carbonyl (C=O) groups excluding carboxylic acids is 1. The van der Waals surface area contributed by atoms with Crippen molar-refractivity contribution in [3.05, 3.63) is 41.9 Å². The van der Waals surface area contributed by atoms with E-state index in [0.29, 0.717) is 28.5 Å². The van der Waals surface area contributed by atoms with Gasteiger partial charge in [0.2, 0.25) is 0 Å². The van der Waals surface area contributed by atoms with E-state index in [2.05, 4.69) is 51.6 Å². The fourth-order valence-electron chi connectivity index (χ4n) is 4.22. The third-order valence-electron chi connectivity index (χ3n) is 6.11. The van der Waals surface area contributed by atoms with Crippen LogP contribution in [0.3, 0.4) is 0 Å². The van der Waals surface area contributed by atoms with Crippen molar-refractivity contribution in [3.8, 4) is 17.6 Å². The van der Waals surface area contributed by atoms with E-state index in [-0.39, 0.29) is 41.0 Å². The van der Waals surface area contributed by atoms with Crippen LogP contribution in [0.25, 0.3) is 5.65 Å². The van der Waals surface area contributed by atoms with Crippen LogP contribution < -0.4 is 20.7 Å². The zero-order valence-electron chi connectivity index (χ0n) is 23.1. The third kappa shape index (κ3) is 8.45. The first-order chi connectivity index (χ1) is 19.2. The van der Waals surface area contributed by atoms with E-state index in [1.165, 1.54) is 31.0 Å². The van der Waals surface area contributed by atoms with Gasteiger partial charge in [-0.3, -0.25) is 9.20 Å². The maximum Gasteiger partial charge on any atom is 0.447 e. The molecule has 0 aliphatic rings. The van der Waals surface area contributed by atoms with Gasteiger partial charge in [0, 0.05) is 42.8 Å². The highest BCUT2D eigenvalue weighted by molar-refractivity contribution is 8.00. The fraction of sp³-hybridized carbons (Fsp3) is 0.464. The summed E-state index contributed by atoms with van der Waals surface area (Å²) in [5, 5.41) is 8.91. The number of benzene rings is 1. The average Bonchev–Trinajstić information content (AvgIpc) is 3.27. The van der Waals surface area contributed by atoms with Crippen molar-refractivity contribution in [1.82, 2.24) is 19.7 Å². The highest BCUT2D eigenvalue weighted by Crippen LogP contribution is 2.39. The number of alkyl halides is 3. The number of hydrogen-bond acceptors (Lipinski definition) is 7. The van der Waals surface area contributed by atoms with Crippen molar-refractivity contribution in [3.63, 3.8) is 0 Å². The van der Waals surface area contributed by atoms with Crippen LogP contribution in [0.1, 0.15) is 68.4 Å². The molecule has 0 saturated carbocycles. The van der Waals surface area contributed by atoms with Gasteiger partial charge < -0.3 is 20.7 Å². The summed E-state index contributed by atoms with van der Waals surface area (Å²) < 4.78 is 47.3. The Morgan fingerprint density at radius 2 is 2.00 bits per heavy atom. The summed E-state index contributed by atoms with van der Waals surface area (Å²) in [6.07, 6.45) is 9.04. The van der Waals surface area contributed by atoms with Crippen LogP contribution in [0.15, 0.2) is 35.6 Å². The highest BCUT2D eigenvalue weighted by atomic mass is 32.2. The number of thioether (sulfide) groups is 1. The van der Waals surface area contributed by atoms with Gasteiger partial charge in [-0.05, 0) is 37.0 Å². The van der Waals surface area contributed by atoms with Crippen LogP contribution in [0, 0.1) is 11.8 Å². The van der Waals surface area contributed by atoms with Crippen molar-refractivity contribution in [2.45, 2.75) is 68.9 Å². The number of hydrogen-bond donors (Lipinski definition) is 3. The van der Waals surface area contributed by atoms with Gasteiger partial charge in [-0.15, -0.1) is 0 Å². The fourth-order valence-corrected chi connectivity index (χ4v) is 4.87. The molecule has 2 heterocycles. The molecule has 0 aliphatic heterocycles. The number of anilines is 2. The van der Waals surface area contributed by atoms with Crippen molar-refractivity contribution in [1.29, 1.82) is 0 Å². The molecule has 1 unspecified atom stereocenters. The standard InChI is InChI=1S/C28H35F3N6O2S/c1-5-7-8-11-20(10-6-2)35-24-25-36-21(27(40-28(29,30)31)37(25)17-16-34-24)12-9-15-33-22-18-19(26(38)32-3)13-14-23(22)39-4/h13-14,16-18,20,33H,5-8,10-11,15H2,1-4H3,(H,32,38)(H,34,35). The molecule has 1 aromatic carbocycles. The lowest BCUT2D eigenvalue weighted by molar-refractivity contribution is -0.0330. The zero-order chi connectivity index (χ0) is 29.1. The summed E-state index contributed by atoms with van der Waals surface area (Å²) in [6.45, 7) is 4.32. The van der Waals surface area contributed by atoms with Crippen molar-refractivity contribution in [2.24, 2.45) is 0 Å². The summed E-state index contributed by atoms with van der Waals surface area (Å²) in [7, 11) is 3.03. The SMILES string of the molecule is CCCCCC(CCC)Nc1nccn2c(SC(F)(F)F)c(C#CCNc3cc(C(=O)NC)ccc3OC)nc12. The lowest BCUT2D eigenvalue weighted by Gasteiger charge is -2.19. The van der Waals surface area contributed by atoms with E-state index in [4.69, 9.17) is 4.74 Å². The van der Waals surface area contributed by atoms with Crippen LogP contribution in [0.5, 0.6) is 5.75 Å². The van der Waals surface area contributed by atoms with Crippen molar-refractivity contribution < 1.29 is 22.7 Å². The molecule has 0 saturated heterocycles. The lowest BCUT2D eigenvalue weighted by atomic mass is 10.0. The molecule has 3 N–H and O–H groups in total. The first-order valence-corrected chi connectivity index (χ1v) is 14.0. The Bertz CT molecular complexity index is 1350. The molecule has 40 heavy (non-hydrogen) atoms. The second-order valence-corrected chi connectivity index (χ2v) is 10.1. The topological polar surface area (TPSA) is 92.6 Å².